The Hall–Kier alpha value is -1.39. The van der Waals surface area contributed by atoms with Crippen LogP contribution in [0.15, 0.2) is 0 Å². The lowest BCUT2D eigenvalue weighted by atomic mass is 10.0. The van der Waals surface area contributed by atoms with Gasteiger partial charge in [0.2, 0.25) is 5.91 Å². The maximum atomic E-state index is 11.4. The van der Waals surface area contributed by atoms with Gasteiger partial charge in [-0.05, 0) is 5.92 Å². The van der Waals surface area contributed by atoms with Gasteiger partial charge in [0.1, 0.15) is 11.8 Å². The highest BCUT2D eigenvalue weighted by molar-refractivity contribution is 5.99. The highest BCUT2D eigenvalue weighted by Gasteiger charge is 2.28. The van der Waals surface area contributed by atoms with Crippen molar-refractivity contribution in [2.75, 3.05) is 6.61 Å². The van der Waals surface area contributed by atoms with Crippen LogP contribution < -0.4 is 5.32 Å². The largest absolute Gasteiger partial charge is 0.464 e. The third-order valence-electron chi connectivity index (χ3n) is 2.26. The van der Waals surface area contributed by atoms with Gasteiger partial charge >= 0.3 is 5.97 Å². The second-order valence-electron chi connectivity index (χ2n) is 4.39. The average molecular weight is 243 g/mol. The molecule has 1 heterocycles. The summed E-state index contributed by atoms with van der Waals surface area (Å²) < 4.78 is 4.70. The van der Waals surface area contributed by atoms with Crippen molar-refractivity contribution in [3.05, 3.63) is 0 Å². The molecule has 1 amide bonds. The molecule has 1 saturated heterocycles. The molecule has 1 N–H and O–H groups in total. The van der Waals surface area contributed by atoms with Crippen LogP contribution in [-0.4, -0.2) is 30.3 Å². The molecule has 0 aromatic heterocycles. The molecule has 17 heavy (non-hydrogen) atoms. The van der Waals surface area contributed by atoms with E-state index in [1.807, 2.05) is 13.8 Å². The lowest BCUT2D eigenvalue weighted by Gasteiger charge is -2.08. The molecule has 1 rings (SSSR count). The zero-order chi connectivity index (χ0) is 12.1. The van der Waals surface area contributed by atoms with Crippen molar-refractivity contribution in [3.8, 4) is 0 Å². The molecule has 1 fully saturated rings. The number of rotatable bonds is 5. The fourth-order valence-electron chi connectivity index (χ4n) is 1.58. The number of carbonyl (C=O) groups excluding carboxylic acids is 3. The van der Waals surface area contributed by atoms with Gasteiger partial charge in [0, 0.05) is 12.8 Å². The summed E-state index contributed by atoms with van der Waals surface area (Å²) in [5.74, 6) is -0.658. The fraction of sp³-hybridized carbons (Fsp3) is 0.750. The van der Waals surface area contributed by atoms with Crippen LogP contribution in [0.4, 0.5) is 0 Å². The number of esters is 1. The van der Waals surface area contributed by atoms with Crippen LogP contribution in [0.1, 0.15) is 40.5 Å². The van der Waals surface area contributed by atoms with Crippen LogP contribution in [0.2, 0.25) is 0 Å². The summed E-state index contributed by atoms with van der Waals surface area (Å²) in [5, 5.41) is 2.50. The van der Waals surface area contributed by atoms with Crippen molar-refractivity contribution < 1.29 is 19.1 Å². The van der Waals surface area contributed by atoms with E-state index in [-0.39, 0.29) is 25.5 Å². The van der Waals surface area contributed by atoms with Gasteiger partial charge in [-0.1, -0.05) is 21.3 Å². The SMILES string of the molecule is C.CC(C)CC(=O)CC(=O)NC1CCOC1=O. The topological polar surface area (TPSA) is 72.5 Å². The zero-order valence-corrected chi connectivity index (χ0v) is 9.62. The van der Waals surface area contributed by atoms with Gasteiger partial charge in [-0.2, -0.15) is 0 Å². The quantitative estimate of drug-likeness (QED) is 0.579. The molecule has 5 heteroatoms. The Morgan fingerprint density at radius 3 is 2.59 bits per heavy atom. The van der Waals surface area contributed by atoms with E-state index in [0.717, 1.165) is 0 Å². The lowest BCUT2D eigenvalue weighted by Crippen LogP contribution is -2.38. The van der Waals surface area contributed by atoms with Crippen LogP contribution in [0, 0.1) is 5.92 Å². The monoisotopic (exact) mass is 243 g/mol. The molecule has 1 aliphatic heterocycles. The van der Waals surface area contributed by atoms with E-state index < -0.39 is 17.9 Å². The number of amides is 1. The Morgan fingerprint density at radius 2 is 2.12 bits per heavy atom. The van der Waals surface area contributed by atoms with Gasteiger partial charge in [0.15, 0.2) is 0 Å². The van der Waals surface area contributed by atoms with Crippen LogP contribution in [-0.2, 0) is 19.1 Å². The first-order valence-electron chi connectivity index (χ1n) is 5.46. The predicted octanol–water partition coefficient (Wildman–Crippen LogP) is 1.06. The van der Waals surface area contributed by atoms with E-state index in [1.165, 1.54) is 0 Å². The summed E-state index contributed by atoms with van der Waals surface area (Å²) in [5.41, 5.74) is 0. The zero-order valence-electron chi connectivity index (χ0n) is 9.62. The second-order valence-corrected chi connectivity index (χ2v) is 4.39. The first-order chi connectivity index (χ1) is 7.49. The van der Waals surface area contributed by atoms with Gasteiger partial charge < -0.3 is 10.1 Å². The molecule has 5 nitrogen and oxygen atoms in total. The molecule has 1 aliphatic rings. The molecule has 0 bridgehead atoms. The average Bonchev–Trinajstić information content (AvgIpc) is 2.49. The van der Waals surface area contributed by atoms with E-state index in [9.17, 15) is 14.4 Å². The molecule has 0 radical (unpaired) electrons. The standard InChI is InChI=1S/C11H17NO4.CH4/c1-7(2)5-8(13)6-10(14)12-9-3-4-16-11(9)15;/h7,9H,3-6H2,1-2H3,(H,12,14);1H4. The summed E-state index contributed by atoms with van der Waals surface area (Å²) in [6.07, 6.45) is 0.730. The van der Waals surface area contributed by atoms with Gasteiger partial charge in [0.05, 0.1) is 13.0 Å². The third kappa shape index (κ3) is 5.47. The van der Waals surface area contributed by atoms with E-state index in [1.54, 1.807) is 0 Å². The summed E-state index contributed by atoms with van der Waals surface area (Å²) in [6.45, 7) is 4.18. The first kappa shape index (κ1) is 15.6. The van der Waals surface area contributed by atoms with Gasteiger partial charge in [-0.3, -0.25) is 9.59 Å². The smallest absolute Gasteiger partial charge is 0.328 e. The summed E-state index contributed by atoms with van der Waals surface area (Å²) >= 11 is 0. The summed E-state index contributed by atoms with van der Waals surface area (Å²) in [4.78, 5) is 33.8. The van der Waals surface area contributed by atoms with Gasteiger partial charge in [0.25, 0.3) is 0 Å². The molecular weight excluding hydrogens is 222 g/mol. The Morgan fingerprint density at radius 1 is 1.47 bits per heavy atom. The first-order valence-corrected chi connectivity index (χ1v) is 5.46. The normalized spacial score (nSPS) is 18.5. The number of hydrogen-bond donors (Lipinski definition) is 1. The van der Waals surface area contributed by atoms with Crippen LogP contribution >= 0.6 is 0 Å². The molecule has 1 atom stereocenters. The van der Waals surface area contributed by atoms with Gasteiger partial charge in [-0.15, -0.1) is 0 Å². The van der Waals surface area contributed by atoms with Crippen LogP contribution in [0.5, 0.6) is 0 Å². The molecule has 98 valence electrons. The van der Waals surface area contributed by atoms with Crippen molar-refractivity contribution in [3.63, 3.8) is 0 Å². The van der Waals surface area contributed by atoms with E-state index in [4.69, 9.17) is 4.74 Å². The molecule has 0 aromatic rings. The Balaban J connectivity index is 0.00000256. The number of cyclic esters (lactones) is 1. The Labute approximate surface area is 102 Å². The Bertz CT molecular complexity index is 299. The number of nitrogens with one attached hydrogen (secondary N) is 1. The number of hydrogen-bond acceptors (Lipinski definition) is 4. The number of ketones is 1. The molecule has 0 aliphatic carbocycles. The minimum absolute atomic E-state index is 0. The highest BCUT2D eigenvalue weighted by Crippen LogP contribution is 2.07. The van der Waals surface area contributed by atoms with E-state index in [0.29, 0.717) is 19.4 Å². The molecule has 0 aromatic carbocycles. The van der Waals surface area contributed by atoms with Crippen molar-refractivity contribution in [1.29, 1.82) is 0 Å². The highest BCUT2D eigenvalue weighted by atomic mass is 16.5. The van der Waals surface area contributed by atoms with Crippen molar-refractivity contribution >= 4 is 17.7 Å². The number of ether oxygens (including phenoxy) is 1. The van der Waals surface area contributed by atoms with E-state index in [2.05, 4.69) is 5.32 Å². The Kier molecular flexibility index (Phi) is 6.46. The summed E-state index contributed by atoms with van der Waals surface area (Å²) in [7, 11) is 0. The molecular formula is C12H21NO4. The molecule has 0 spiro atoms. The molecule has 0 saturated carbocycles. The number of Topliss-reactive ketones (excluding diaryl/α,β-unsaturated/α-hetero) is 1. The van der Waals surface area contributed by atoms with Crippen LogP contribution in [0.3, 0.4) is 0 Å². The maximum absolute atomic E-state index is 11.4. The van der Waals surface area contributed by atoms with E-state index >= 15 is 0 Å². The fourth-order valence-corrected chi connectivity index (χ4v) is 1.58. The minimum Gasteiger partial charge on any atom is -0.464 e. The second kappa shape index (κ2) is 7.04. The number of carbonyl (C=O) groups is 3. The maximum Gasteiger partial charge on any atom is 0.328 e. The molecule has 1 unspecified atom stereocenters. The van der Waals surface area contributed by atoms with Crippen molar-refractivity contribution in [2.45, 2.75) is 46.6 Å². The third-order valence-corrected chi connectivity index (χ3v) is 2.26. The van der Waals surface area contributed by atoms with Crippen molar-refractivity contribution in [1.82, 2.24) is 5.32 Å². The minimum atomic E-state index is -0.570. The van der Waals surface area contributed by atoms with Crippen LogP contribution in [0.25, 0.3) is 0 Å². The lowest BCUT2D eigenvalue weighted by molar-refractivity contribution is -0.142. The van der Waals surface area contributed by atoms with Gasteiger partial charge in [-0.25, -0.2) is 4.79 Å². The predicted molar refractivity (Wildman–Crippen MR) is 63.3 cm³/mol. The summed E-state index contributed by atoms with van der Waals surface area (Å²) in [6, 6.07) is -0.570. The van der Waals surface area contributed by atoms with Crippen molar-refractivity contribution in [2.24, 2.45) is 5.92 Å².